The molecule has 182 valence electrons. The van der Waals surface area contributed by atoms with Gasteiger partial charge in [0, 0.05) is 35.7 Å². The second-order valence-corrected chi connectivity index (χ2v) is 9.63. The first-order valence-electron chi connectivity index (χ1n) is 12.5. The molecule has 1 N–H and O–H groups in total. The molecule has 2 heterocycles. The van der Waals surface area contributed by atoms with Gasteiger partial charge in [0.1, 0.15) is 23.6 Å². The third-order valence-corrected chi connectivity index (χ3v) is 7.54. The predicted molar refractivity (Wildman–Crippen MR) is 137 cm³/mol. The number of carbonyl (C=O) groups is 1. The monoisotopic (exact) mass is 479 g/mol. The normalized spacial score (nSPS) is 22.2. The van der Waals surface area contributed by atoms with Crippen LogP contribution in [0.2, 0.25) is 0 Å². The number of nitrogens with one attached hydrogen (secondary N) is 1. The molecule has 7 nitrogen and oxygen atoms in total. The minimum absolute atomic E-state index is 0.0188. The fourth-order valence-electron chi connectivity index (χ4n) is 5.87. The van der Waals surface area contributed by atoms with Crippen LogP contribution in [0.3, 0.4) is 0 Å². The fourth-order valence-corrected chi connectivity index (χ4v) is 5.87. The number of hydrogen-bond donors (Lipinski definition) is 1. The Morgan fingerprint density at radius 2 is 1.86 bits per heavy atom. The van der Waals surface area contributed by atoms with Gasteiger partial charge in [0.15, 0.2) is 5.78 Å². The van der Waals surface area contributed by atoms with Crippen molar-refractivity contribution in [1.82, 2.24) is 4.90 Å². The van der Waals surface area contributed by atoms with Gasteiger partial charge >= 0.3 is 0 Å². The maximum absolute atomic E-state index is 13.4. The van der Waals surface area contributed by atoms with Crippen LogP contribution in [-0.4, -0.2) is 36.7 Å². The molecule has 0 saturated carbocycles. The van der Waals surface area contributed by atoms with E-state index in [9.17, 15) is 15.3 Å². The molecule has 0 radical (unpaired) electrons. The van der Waals surface area contributed by atoms with E-state index in [1.165, 1.54) is 12.8 Å². The first-order chi connectivity index (χ1) is 17.6. The highest BCUT2D eigenvalue weighted by Crippen LogP contribution is 2.47. The summed E-state index contributed by atoms with van der Waals surface area (Å²) in [5.74, 6) is -0.468. The number of benzene rings is 2. The van der Waals surface area contributed by atoms with Crippen molar-refractivity contribution in [3.05, 3.63) is 70.4 Å². The number of carbonyl (C=O) groups excluding carboxylic acids is 1. The van der Waals surface area contributed by atoms with E-state index in [0.717, 1.165) is 42.2 Å². The van der Waals surface area contributed by atoms with Crippen LogP contribution in [0.25, 0.3) is 0 Å². The minimum atomic E-state index is -0.856. The average Bonchev–Trinajstić information content (AvgIpc) is 3.41. The number of para-hydroxylation sites is 1. The van der Waals surface area contributed by atoms with Crippen molar-refractivity contribution in [2.75, 3.05) is 25.1 Å². The Balaban J connectivity index is 1.66. The second kappa shape index (κ2) is 9.97. The number of anilines is 1. The van der Waals surface area contributed by atoms with Gasteiger partial charge in [-0.2, -0.15) is 10.5 Å². The van der Waals surface area contributed by atoms with E-state index in [-0.39, 0.29) is 11.6 Å². The summed E-state index contributed by atoms with van der Waals surface area (Å²) >= 11 is 0. The van der Waals surface area contributed by atoms with Gasteiger partial charge in [-0.3, -0.25) is 20.0 Å². The van der Waals surface area contributed by atoms with Crippen molar-refractivity contribution in [2.24, 2.45) is 5.92 Å². The molecule has 36 heavy (non-hydrogen) atoms. The molecule has 3 aliphatic rings. The SMILES string of the molecule is COc1ccc(C2C3=C(CCCC3=O)N(c3ccccc3C#N)C(=N)C2C#N)cc1CN1CCCC1. The quantitative estimate of drug-likeness (QED) is 0.655. The van der Waals surface area contributed by atoms with Crippen LogP contribution in [0.5, 0.6) is 5.75 Å². The molecule has 1 saturated heterocycles. The molecule has 5 rings (SSSR count). The summed E-state index contributed by atoms with van der Waals surface area (Å²) in [6.45, 7) is 2.84. The van der Waals surface area contributed by atoms with E-state index in [2.05, 4.69) is 23.1 Å². The molecule has 2 aliphatic heterocycles. The lowest BCUT2D eigenvalue weighted by Crippen LogP contribution is -2.46. The van der Waals surface area contributed by atoms with Gasteiger partial charge in [-0.1, -0.05) is 24.3 Å². The molecule has 2 aromatic rings. The third kappa shape index (κ3) is 4.06. The Hall–Kier alpha value is -3.94. The molecular formula is C29H29N5O2. The fraction of sp³-hybridized carbons (Fsp3) is 0.379. The van der Waals surface area contributed by atoms with Gasteiger partial charge in [-0.25, -0.2) is 0 Å². The molecular weight excluding hydrogens is 450 g/mol. The smallest absolute Gasteiger partial charge is 0.161 e. The van der Waals surface area contributed by atoms with Crippen molar-refractivity contribution in [1.29, 1.82) is 15.9 Å². The molecule has 2 aromatic carbocycles. The molecule has 0 amide bonds. The van der Waals surface area contributed by atoms with Crippen LogP contribution in [0.15, 0.2) is 53.7 Å². The van der Waals surface area contributed by atoms with Crippen molar-refractivity contribution >= 4 is 17.3 Å². The lowest BCUT2D eigenvalue weighted by Gasteiger charge is -2.42. The summed E-state index contributed by atoms with van der Waals surface area (Å²) in [4.78, 5) is 17.5. The van der Waals surface area contributed by atoms with Gasteiger partial charge in [0.2, 0.25) is 0 Å². The second-order valence-electron chi connectivity index (χ2n) is 9.63. The molecule has 0 aromatic heterocycles. The van der Waals surface area contributed by atoms with E-state index in [1.807, 2.05) is 18.2 Å². The summed E-state index contributed by atoms with van der Waals surface area (Å²) in [6.07, 6.45) is 4.09. The number of ketones is 1. The Morgan fingerprint density at radius 1 is 1.08 bits per heavy atom. The Bertz CT molecular complexity index is 1330. The first-order valence-corrected chi connectivity index (χ1v) is 12.5. The number of nitrogens with zero attached hydrogens (tertiary/aromatic N) is 4. The highest BCUT2D eigenvalue weighted by atomic mass is 16.5. The zero-order valence-electron chi connectivity index (χ0n) is 20.5. The van der Waals surface area contributed by atoms with E-state index in [1.54, 1.807) is 30.2 Å². The van der Waals surface area contributed by atoms with Gasteiger partial charge in [0.05, 0.1) is 24.4 Å². The molecule has 7 heteroatoms. The topological polar surface area (TPSA) is 104 Å². The average molecular weight is 480 g/mol. The van der Waals surface area contributed by atoms with Crippen LogP contribution < -0.4 is 9.64 Å². The van der Waals surface area contributed by atoms with Crippen molar-refractivity contribution in [3.63, 3.8) is 0 Å². The highest BCUT2D eigenvalue weighted by molar-refractivity contribution is 6.10. The van der Waals surface area contributed by atoms with E-state index < -0.39 is 11.8 Å². The highest BCUT2D eigenvalue weighted by Gasteiger charge is 2.45. The van der Waals surface area contributed by atoms with Gasteiger partial charge in [-0.15, -0.1) is 0 Å². The number of hydrogen-bond acceptors (Lipinski definition) is 6. The van der Waals surface area contributed by atoms with Gasteiger partial charge in [-0.05, 0) is 62.5 Å². The number of ether oxygens (including phenoxy) is 1. The lowest BCUT2D eigenvalue weighted by molar-refractivity contribution is -0.116. The number of likely N-dealkylation sites (tertiary alicyclic amines) is 1. The Kier molecular flexibility index (Phi) is 6.59. The number of Topliss-reactive ketones (excluding diaryl/α,β-unsaturated/α-hetero) is 1. The molecule has 0 bridgehead atoms. The zero-order valence-corrected chi connectivity index (χ0v) is 20.5. The standard InChI is InChI=1S/C29H29N5O2/c1-36-26-12-11-19(15-21(26)18-33-13-4-5-14-33)27-22(17-31)29(32)34(23-8-3-2-7-20(23)16-30)24-9-6-10-25(35)28(24)27/h2-3,7-8,11-12,15,22,27,32H,4-6,9-10,13-14,18H2,1H3. The van der Waals surface area contributed by atoms with Crippen molar-refractivity contribution in [3.8, 4) is 17.9 Å². The zero-order chi connectivity index (χ0) is 25.2. The Morgan fingerprint density at radius 3 is 2.58 bits per heavy atom. The molecule has 2 unspecified atom stereocenters. The van der Waals surface area contributed by atoms with Gasteiger partial charge < -0.3 is 4.74 Å². The number of amidine groups is 1. The van der Waals surface area contributed by atoms with E-state index in [4.69, 9.17) is 10.1 Å². The maximum Gasteiger partial charge on any atom is 0.161 e. The van der Waals surface area contributed by atoms with Crippen molar-refractivity contribution < 1.29 is 9.53 Å². The van der Waals surface area contributed by atoms with E-state index >= 15 is 0 Å². The van der Waals surface area contributed by atoms with Crippen LogP contribution >= 0.6 is 0 Å². The largest absolute Gasteiger partial charge is 0.496 e. The van der Waals surface area contributed by atoms with Crippen LogP contribution in [0.4, 0.5) is 5.69 Å². The molecule has 2 atom stereocenters. The first kappa shape index (κ1) is 23.8. The number of methoxy groups -OCH3 is 1. The summed E-state index contributed by atoms with van der Waals surface area (Å²) in [5.41, 5.74) is 4.20. The number of rotatable bonds is 5. The van der Waals surface area contributed by atoms with Crippen LogP contribution in [0, 0.1) is 34.0 Å². The van der Waals surface area contributed by atoms with Gasteiger partial charge in [0.25, 0.3) is 0 Å². The molecule has 1 fully saturated rings. The third-order valence-electron chi connectivity index (χ3n) is 7.54. The van der Waals surface area contributed by atoms with Crippen LogP contribution in [0.1, 0.15) is 54.7 Å². The Labute approximate surface area is 211 Å². The lowest BCUT2D eigenvalue weighted by atomic mass is 9.71. The minimum Gasteiger partial charge on any atom is -0.496 e. The van der Waals surface area contributed by atoms with Crippen LogP contribution in [-0.2, 0) is 11.3 Å². The summed E-state index contributed by atoms with van der Waals surface area (Å²) < 4.78 is 5.65. The van der Waals surface area contributed by atoms with Crippen molar-refractivity contribution in [2.45, 2.75) is 44.6 Å². The number of nitriles is 2. The summed E-state index contributed by atoms with van der Waals surface area (Å²) in [7, 11) is 1.66. The summed E-state index contributed by atoms with van der Waals surface area (Å²) in [5, 5.41) is 29.1. The predicted octanol–water partition coefficient (Wildman–Crippen LogP) is 4.89. The maximum atomic E-state index is 13.4. The summed E-state index contributed by atoms with van der Waals surface area (Å²) in [6, 6.07) is 17.5. The number of allylic oxidation sites excluding steroid dienone is 2. The molecule has 0 spiro atoms. The van der Waals surface area contributed by atoms with E-state index in [0.29, 0.717) is 36.1 Å². The molecule has 1 aliphatic carbocycles.